The predicted molar refractivity (Wildman–Crippen MR) is 77.5 cm³/mol. The van der Waals surface area contributed by atoms with Gasteiger partial charge in [0.25, 0.3) is 5.91 Å². The maximum absolute atomic E-state index is 12.6. The van der Waals surface area contributed by atoms with E-state index in [4.69, 9.17) is 4.42 Å². The SMILES string of the molecule is C=CCN1C(=O)c2ccccc2N[C@@H]1c1ccc(C)o1. The van der Waals surface area contributed by atoms with E-state index < -0.39 is 0 Å². The molecule has 1 N–H and O–H groups in total. The molecule has 0 saturated heterocycles. The van der Waals surface area contributed by atoms with Crippen LogP contribution in [-0.4, -0.2) is 17.4 Å². The number of benzene rings is 1. The summed E-state index contributed by atoms with van der Waals surface area (Å²) in [5, 5.41) is 3.36. The first-order valence-electron chi connectivity index (χ1n) is 6.54. The Hall–Kier alpha value is -2.49. The molecule has 3 rings (SSSR count). The summed E-state index contributed by atoms with van der Waals surface area (Å²) in [7, 11) is 0. The topological polar surface area (TPSA) is 45.5 Å². The normalized spacial score (nSPS) is 17.6. The van der Waals surface area contributed by atoms with Crippen LogP contribution in [0.5, 0.6) is 0 Å². The maximum atomic E-state index is 12.6. The van der Waals surface area contributed by atoms with Crippen LogP contribution in [0.2, 0.25) is 0 Å². The average molecular weight is 268 g/mol. The molecule has 102 valence electrons. The van der Waals surface area contributed by atoms with Crippen molar-refractivity contribution >= 4 is 11.6 Å². The first-order valence-corrected chi connectivity index (χ1v) is 6.54. The van der Waals surface area contributed by atoms with Gasteiger partial charge in [-0.05, 0) is 31.2 Å². The number of amides is 1. The van der Waals surface area contributed by atoms with E-state index in [0.717, 1.165) is 17.2 Å². The molecular formula is C16H16N2O2. The number of fused-ring (bicyclic) bond motifs is 1. The third kappa shape index (κ3) is 1.99. The number of nitrogens with zero attached hydrogens (tertiary/aromatic N) is 1. The van der Waals surface area contributed by atoms with Crippen LogP contribution >= 0.6 is 0 Å². The molecule has 2 heterocycles. The number of nitrogens with one attached hydrogen (secondary N) is 1. The van der Waals surface area contributed by atoms with Crippen molar-refractivity contribution in [3.8, 4) is 0 Å². The number of carbonyl (C=O) groups excluding carboxylic acids is 1. The van der Waals surface area contributed by atoms with Gasteiger partial charge in [0.2, 0.25) is 0 Å². The molecule has 1 aromatic carbocycles. The Labute approximate surface area is 117 Å². The van der Waals surface area contributed by atoms with Gasteiger partial charge in [-0.15, -0.1) is 6.58 Å². The van der Waals surface area contributed by atoms with E-state index in [0.29, 0.717) is 12.1 Å². The van der Waals surface area contributed by atoms with Gasteiger partial charge in [-0.2, -0.15) is 0 Å². The Morgan fingerprint density at radius 1 is 1.35 bits per heavy atom. The molecule has 1 aliphatic heterocycles. The van der Waals surface area contributed by atoms with Gasteiger partial charge in [-0.25, -0.2) is 0 Å². The molecule has 4 nitrogen and oxygen atoms in total. The first kappa shape index (κ1) is 12.5. The molecule has 0 fully saturated rings. The highest BCUT2D eigenvalue weighted by Gasteiger charge is 2.33. The Bertz CT molecular complexity index is 660. The van der Waals surface area contributed by atoms with Crippen molar-refractivity contribution in [2.75, 3.05) is 11.9 Å². The number of rotatable bonds is 3. The standard InChI is InChI=1S/C16H16N2O2/c1-3-10-18-15(14-9-8-11(2)20-14)17-13-7-5-4-6-12(13)16(18)19/h3-9,15,17H,1,10H2,2H3/t15-/m0/s1. The summed E-state index contributed by atoms with van der Waals surface area (Å²) in [5.74, 6) is 1.54. The van der Waals surface area contributed by atoms with Gasteiger partial charge >= 0.3 is 0 Å². The molecule has 1 aliphatic rings. The first-order chi connectivity index (χ1) is 9.70. The van der Waals surface area contributed by atoms with Crippen LogP contribution in [0.4, 0.5) is 5.69 Å². The minimum Gasteiger partial charge on any atom is -0.462 e. The number of hydrogen-bond acceptors (Lipinski definition) is 3. The van der Waals surface area contributed by atoms with Crippen LogP contribution in [0.1, 0.15) is 28.0 Å². The lowest BCUT2D eigenvalue weighted by molar-refractivity contribution is 0.0688. The number of aryl methyl sites for hydroxylation is 1. The molecule has 0 saturated carbocycles. The van der Waals surface area contributed by atoms with Crippen LogP contribution in [0.15, 0.2) is 53.5 Å². The second-order valence-corrected chi connectivity index (χ2v) is 4.79. The molecule has 1 aromatic heterocycles. The number of hydrogen-bond donors (Lipinski definition) is 1. The van der Waals surface area contributed by atoms with Crippen LogP contribution in [0.25, 0.3) is 0 Å². The van der Waals surface area contributed by atoms with Crippen LogP contribution in [0, 0.1) is 6.92 Å². The fourth-order valence-corrected chi connectivity index (χ4v) is 2.45. The van der Waals surface area contributed by atoms with Crippen LogP contribution in [0.3, 0.4) is 0 Å². The lowest BCUT2D eigenvalue weighted by atomic mass is 10.1. The zero-order chi connectivity index (χ0) is 14.1. The monoisotopic (exact) mass is 268 g/mol. The maximum Gasteiger partial charge on any atom is 0.258 e. The van der Waals surface area contributed by atoms with Crippen molar-refractivity contribution in [3.63, 3.8) is 0 Å². The van der Waals surface area contributed by atoms with Gasteiger partial charge < -0.3 is 14.6 Å². The molecule has 0 unspecified atom stereocenters. The minimum atomic E-state index is -0.302. The van der Waals surface area contributed by atoms with Crippen LogP contribution in [-0.2, 0) is 0 Å². The number of para-hydroxylation sites is 1. The molecule has 1 atom stereocenters. The lowest BCUT2D eigenvalue weighted by Gasteiger charge is -2.36. The third-order valence-corrected chi connectivity index (χ3v) is 3.38. The third-order valence-electron chi connectivity index (χ3n) is 3.38. The quantitative estimate of drug-likeness (QED) is 0.868. The largest absolute Gasteiger partial charge is 0.462 e. The lowest BCUT2D eigenvalue weighted by Crippen LogP contribution is -2.42. The minimum absolute atomic E-state index is 0.0155. The Balaban J connectivity index is 2.05. The van der Waals surface area contributed by atoms with E-state index in [1.807, 2.05) is 43.3 Å². The summed E-state index contributed by atoms with van der Waals surface area (Å²) >= 11 is 0. The van der Waals surface area contributed by atoms with Crippen molar-refractivity contribution in [1.29, 1.82) is 0 Å². The van der Waals surface area contributed by atoms with E-state index in [2.05, 4.69) is 11.9 Å². The van der Waals surface area contributed by atoms with E-state index in [1.54, 1.807) is 11.0 Å². The number of anilines is 1. The van der Waals surface area contributed by atoms with Gasteiger partial charge in [-0.1, -0.05) is 18.2 Å². The highest BCUT2D eigenvalue weighted by Crippen LogP contribution is 2.33. The fourth-order valence-electron chi connectivity index (χ4n) is 2.45. The summed E-state index contributed by atoms with van der Waals surface area (Å²) in [4.78, 5) is 14.3. The molecule has 0 aliphatic carbocycles. The van der Waals surface area contributed by atoms with E-state index in [1.165, 1.54) is 0 Å². The predicted octanol–water partition coefficient (Wildman–Crippen LogP) is 3.34. The van der Waals surface area contributed by atoms with Crippen LogP contribution < -0.4 is 5.32 Å². The second-order valence-electron chi connectivity index (χ2n) is 4.79. The van der Waals surface area contributed by atoms with Gasteiger partial charge in [0.1, 0.15) is 11.5 Å². The zero-order valence-corrected chi connectivity index (χ0v) is 11.3. The summed E-state index contributed by atoms with van der Waals surface area (Å²) in [6, 6.07) is 11.3. The highest BCUT2D eigenvalue weighted by molar-refractivity contribution is 6.01. The van der Waals surface area contributed by atoms with Crippen molar-refractivity contribution in [2.45, 2.75) is 13.1 Å². The van der Waals surface area contributed by atoms with Crippen molar-refractivity contribution in [3.05, 3.63) is 66.1 Å². The molecule has 0 radical (unpaired) electrons. The zero-order valence-electron chi connectivity index (χ0n) is 11.3. The summed E-state index contributed by atoms with van der Waals surface area (Å²) in [6.45, 7) is 6.08. The van der Waals surface area contributed by atoms with Gasteiger partial charge in [0, 0.05) is 12.2 Å². The molecule has 20 heavy (non-hydrogen) atoms. The summed E-state index contributed by atoms with van der Waals surface area (Å²) < 4.78 is 5.67. The summed E-state index contributed by atoms with van der Waals surface area (Å²) in [6.07, 6.45) is 1.42. The Morgan fingerprint density at radius 3 is 2.85 bits per heavy atom. The second kappa shape index (κ2) is 4.89. The summed E-state index contributed by atoms with van der Waals surface area (Å²) in [5.41, 5.74) is 1.51. The van der Waals surface area contributed by atoms with E-state index in [9.17, 15) is 4.79 Å². The molecule has 0 bridgehead atoms. The number of carbonyl (C=O) groups is 1. The van der Waals surface area contributed by atoms with Crippen molar-refractivity contribution < 1.29 is 9.21 Å². The van der Waals surface area contributed by atoms with Gasteiger partial charge in [0.15, 0.2) is 6.17 Å². The van der Waals surface area contributed by atoms with Crippen molar-refractivity contribution in [2.24, 2.45) is 0 Å². The molecule has 1 amide bonds. The Morgan fingerprint density at radius 2 is 2.15 bits per heavy atom. The highest BCUT2D eigenvalue weighted by atomic mass is 16.3. The Kier molecular flexibility index (Phi) is 3.06. The average Bonchev–Trinajstić information content (AvgIpc) is 2.88. The van der Waals surface area contributed by atoms with E-state index in [-0.39, 0.29) is 12.1 Å². The smallest absolute Gasteiger partial charge is 0.258 e. The van der Waals surface area contributed by atoms with Gasteiger partial charge in [0.05, 0.1) is 5.56 Å². The molecule has 2 aromatic rings. The van der Waals surface area contributed by atoms with Gasteiger partial charge in [-0.3, -0.25) is 4.79 Å². The fraction of sp³-hybridized carbons (Fsp3) is 0.188. The molecule has 4 heteroatoms. The molecule has 0 spiro atoms. The van der Waals surface area contributed by atoms with Crippen molar-refractivity contribution in [1.82, 2.24) is 4.90 Å². The molecular weight excluding hydrogens is 252 g/mol. The number of furan rings is 1. The van der Waals surface area contributed by atoms with E-state index >= 15 is 0 Å².